The zero-order valence-corrected chi connectivity index (χ0v) is 18.3. The number of nitrogens with one attached hydrogen (secondary N) is 1. The van der Waals surface area contributed by atoms with Crippen LogP contribution in [0.2, 0.25) is 0 Å². The Bertz CT molecular complexity index is 1160. The van der Waals surface area contributed by atoms with E-state index in [9.17, 15) is 14.4 Å². The van der Waals surface area contributed by atoms with Crippen molar-refractivity contribution in [3.05, 3.63) is 94.9 Å². The van der Waals surface area contributed by atoms with E-state index in [0.29, 0.717) is 16.9 Å². The Morgan fingerprint density at radius 3 is 2.31 bits per heavy atom. The van der Waals surface area contributed by atoms with Crippen LogP contribution in [0.3, 0.4) is 0 Å². The number of anilines is 2. The molecule has 2 aromatic rings. The lowest BCUT2D eigenvalue weighted by atomic mass is 10.1. The second kappa shape index (κ2) is 9.78. The first kappa shape index (κ1) is 22.6. The molecule has 1 heterocycles. The van der Waals surface area contributed by atoms with Gasteiger partial charge in [-0.1, -0.05) is 30.3 Å². The third-order valence-electron chi connectivity index (χ3n) is 4.94. The number of carbonyl (C=O) groups excluding carboxylic acids is 3. The van der Waals surface area contributed by atoms with Gasteiger partial charge < -0.3 is 19.7 Å². The van der Waals surface area contributed by atoms with Gasteiger partial charge in [0.2, 0.25) is 0 Å². The minimum absolute atomic E-state index is 0.0265. The highest BCUT2D eigenvalue weighted by molar-refractivity contribution is 6.09. The van der Waals surface area contributed by atoms with Gasteiger partial charge in [-0.05, 0) is 55.3 Å². The number of carbonyl (C=O) groups is 3. The highest BCUT2D eigenvalue weighted by Gasteiger charge is 2.29. The quantitative estimate of drug-likeness (QED) is 0.718. The molecule has 1 N–H and O–H groups in total. The first-order valence-electron chi connectivity index (χ1n) is 9.90. The maximum atomic E-state index is 13.0. The molecular formula is C25H24N2O5. The molecule has 7 heteroatoms. The van der Waals surface area contributed by atoms with E-state index in [1.54, 1.807) is 42.6 Å². The fourth-order valence-electron chi connectivity index (χ4n) is 3.32. The van der Waals surface area contributed by atoms with Crippen LogP contribution in [0.5, 0.6) is 0 Å². The van der Waals surface area contributed by atoms with Gasteiger partial charge in [0, 0.05) is 11.8 Å². The Morgan fingerprint density at radius 2 is 1.62 bits per heavy atom. The van der Waals surface area contributed by atoms with Gasteiger partial charge in [-0.15, -0.1) is 0 Å². The van der Waals surface area contributed by atoms with E-state index in [1.807, 2.05) is 32.0 Å². The number of hydrogen-bond acceptors (Lipinski definition) is 6. The van der Waals surface area contributed by atoms with Gasteiger partial charge in [-0.2, -0.15) is 0 Å². The molecule has 164 valence electrons. The molecule has 0 spiro atoms. The molecule has 0 saturated heterocycles. The molecule has 0 fully saturated rings. The number of methoxy groups -OCH3 is 2. The van der Waals surface area contributed by atoms with Crippen molar-refractivity contribution in [1.82, 2.24) is 0 Å². The van der Waals surface area contributed by atoms with Crippen molar-refractivity contribution >= 4 is 29.2 Å². The van der Waals surface area contributed by atoms with Gasteiger partial charge in [0.25, 0.3) is 5.91 Å². The van der Waals surface area contributed by atoms with Gasteiger partial charge in [-0.3, -0.25) is 4.79 Å². The zero-order valence-electron chi connectivity index (χ0n) is 18.3. The number of benzene rings is 2. The number of aryl methyl sites for hydroxylation is 2. The van der Waals surface area contributed by atoms with Crippen LogP contribution < -0.4 is 10.2 Å². The summed E-state index contributed by atoms with van der Waals surface area (Å²) in [4.78, 5) is 39.6. The molecule has 0 aromatic heterocycles. The molecule has 32 heavy (non-hydrogen) atoms. The number of hydrogen-bond donors (Lipinski definition) is 1. The molecular weight excluding hydrogens is 408 g/mol. The average Bonchev–Trinajstić information content (AvgIpc) is 3.02. The summed E-state index contributed by atoms with van der Waals surface area (Å²) in [5.41, 5.74) is 3.22. The van der Waals surface area contributed by atoms with E-state index >= 15 is 0 Å². The third-order valence-corrected chi connectivity index (χ3v) is 4.94. The number of rotatable bonds is 5. The third kappa shape index (κ3) is 4.62. The first-order chi connectivity index (χ1) is 15.4. The first-order valence-corrected chi connectivity index (χ1v) is 9.90. The van der Waals surface area contributed by atoms with Crippen molar-refractivity contribution in [2.75, 3.05) is 24.4 Å². The fourth-order valence-corrected chi connectivity index (χ4v) is 3.32. The average molecular weight is 432 g/mol. The minimum atomic E-state index is -0.723. The molecule has 7 nitrogen and oxygen atoms in total. The van der Waals surface area contributed by atoms with Crippen molar-refractivity contribution in [3.63, 3.8) is 0 Å². The molecule has 0 saturated carbocycles. The largest absolute Gasteiger partial charge is 0.465 e. The fraction of sp³-hybridized carbons (Fsp3) is 0.160. The van der Waals surface area contributed by atoms with Crippen molar-refractivity contribution in [3.8, 4) is 0 Å². The number of nitrogens with zero attached hydrogens (tertiary/aromatic N) is 1. The van der Waals surface area contributed by atoms with Crippen LogP contribution in [0.4, 0.5) is 11.4 Å². The number of allylic oxidation sites excluding steroid dienone is 2. The lowest BCUT2D eigenvalue weighted by Gasteiger charge is -2.26. The summed E-state index contributed by atoms with van der Waals surface area (Å²) in [7, 11) is 2.47. The number of amides is 1. The predicted octanol–water partition coefficient (Wildman–Crippen LogP) is 4.05. The molecule has 0 atom stereocenters. The normalized spacial score (nSPS) is 12.9. The standard InChI is InChI=1S/C25H24N2O5/c1-16-12-13-20(26-23(28)18-10-6-5-9-17(18)2)21(15-16)27-14-8-7-11-19(24(29)31-3)22(27)25(30)32-4/h5-15H,1-4H3,(H,26,28). The second-order valence-electron chi connectivity index (χ2n) is 7.11. The molecule has 0 bridgehead atoms. The maximum Gasteiger partial charge on any atom is 0.355 e. The molecule has 0 aliphatic carbocycles. The Balaban J connectivity index is 2.14. The Kier molecular flexibility index (Phi) is 6.90. The van der Waals surface area contributed by atoms with Crippen molar-refractivity contribution in [2.45, 2.75) is 13.8 Å². The smallest absolute Gasteiger partial charge is 0.355 e. The minimum Gasteiger partial charge on any atom is -0.465 e. The molecule has 1 amide bonds. The van der Waals surface area contributed by atoms with Crippen LogP contribution in [0, 0.1) is 13.8 Å². The van der Waals surface area contributed by atoms with Gasteiger partial charge in [0.15, 0.2) is 0 Å². The Labute approximate surface area is 186 Å². The summed E-state index contributed by atoms with van der Waals surface area (Å²) in [5, 5.41) is 2.92. The number of ether oxygens (including phenoxy) is 2. The molecule has 0 unspecified atom stereocenters. The highest BCUT2D eigenvalue weighted by Crippen LogP contribution is 2.33. The van der Waals surface area contributed by atoms with E-state index in [-0.39, 0.29) is 17.2 Å². The summed E-state index contributed by atoms with van der Waals surface area (Å²) in [6.45, 7) is 3.74. The van der Waals surface area contributed by atoms with Crippen LogP contribution in [0.15, 0.2) is 78.2 Å². The SMILES string of the molecule is COC(=O)C1=C(C(=O)OC)N(c2cc(C)ccc2NC(=O)c2ccccc2C)C=CC=C1. The van der Waals surface area contributed by atoms with Crippen LogP contribution in [0.1, 0.15) is 21.5 Å². The van der Waals surface area contributed by atoms with Gasteiger partial charge in [0.05, 0.1) is 31.2 Å². The van der Waals surface area contributed by atoms with E-state index in [2.05, 4.69) is 5.32 Å². The zero-order chi connectivity index (χ0) is 23.3. The highest BCUT2D eigenvalue weighted by atomic mass is 16.5. The summed E-state index contributed by atoms with van der Waals surface area (Å²) in [6, 6.07) is 12.7. The predicted molar refractivity (Wildman–Crippen MR) is 122 cm³/mol. The van der Waals surface area contributed by atoms with Crippen molar-refractivity contribution in [1.29, 1.82) is 0 Å². The van der Waals surface area contributed by atoms with E-state index in [0.717, 1.165) is 11.1 Å². The van der Waals surface area contributed by atoms with Crippen LogP contribution >= 0.6 is 0 Å². The lowest BCUT2D eigenvalue weighted by Crippen LogP contribution is -2.28. The topological polar surface area (TPSA) is 84.9 Å². The maximum absolute atomic E-state index is 13.0. The second-order valence-corrected chi connectivity index (χ2v) is 7.11. The Morgan fingerprint density at radius 1 is 0.906 bits per heavy atom. The van der Waals surface area contributed by atoms with E-state index in [1.165, 1.54) is 25.2 Å². The van der Waals surface area contributed by atoms with Crippen molar-refractivity contribution in [2.24, 2.45) is 0 Å². The molecule has 1 aliphatic heterocycles. The summed E-state index contributed by atoms with van der Waals surface area (Å²) in [5.74, 6) is -1.70. The Hall–Kier alpha value is -4.13. The van der Waals surface area contributed by atoms with E-state index in [4.69, 9.17) is 9.47 Å². The van der Waals surface area contributed by atoms with Crippen molar-refractivity contribution < 1.29 is 23.9 Å². The lowest BCUT2D eigenvalue weighted by molar-refractivity contribution is -0.139. The number of esters is 2. The molecule has 1 aliphatic rings. The van der Waals surface area contributed by atoms with Crippen LogP contribution in [0.25, 0.3) is 0 Å². The van der Waals surface area contributed by atoms with Gasteiger partial charge in [0.1, 0.15) is 5.70 Å². The monoisotopic (exact) mass is 432 g/mol. The molecule has 2 aromatic carbocycles. The summed E-state index contributed by atoms with van der Waals surface area (Å²) < 4.78 is 9.82. The molecule has 0 radical (unpaired) electrons. The summed E-state index contributed by atoms with van der Waals surface area (Å²) >= 11 is 0. The van der Waals surface area contributed by atoms with E-state index < -0.39 is 11.9 Å². The van der Waals surface area contributed by atoms with Gasteiger partial charge in [-0.25, -0.2) is 9.59 Å². The molecule has 3 rings (SSSR count). The van der Waals surface area contributed by atoms with Gasteiger partial charge >= 0.3 is 11.9 Å². The summed E-state index contributed by atoms with van der Waals surface area (Å²) in [6.07, 6.45) is 6.40. The van der Waals surface area contributed by atoms with Crippen LogP contribution in [-0.4, -0.2) is 32.1 Å². The van der Waals surface area contributed by atoms with Crippen LogP contribution in [-0.2, 0) is 19.1 Å².